The Hall–Kier alpha value is -2.93. The molecule has 3 rings (SSSR count). The minimum Gasteiger partial charge on any atom is -0.457 e. The molecule has 0 saturated carbocycles. The summed E-state index contributed by atoms with van der Waals surface area (Å²) in [6, 6.07) is 8.62. The summed E-state index contributed by atoms with van der Waals surface area (Å²) in [6.07, 6.45) is 3.38. The number of carbonyl (C=O) groups is 2. The second-order valence-corrected chi connectivity index (χ2v) is 6.18. The molecule has 1 fully saturated rings. The number of carbonyl (C=O) groups excluding carboxylic acids is 2. The van der Waals surface area contributed by atoms with Crippen LogP contribution >= 0.6 is 0 Å². The Labute approximate surface area is 152 Å². The van der Waals surface area contributed by atoms with Crippen molar-refractivity contribution in [2.45, 2.75) is 25.8 Å². The molecule has 1 aromatic heterocycles. The maximum absolute atomic E-state index is 12.3. The molecule has 0 radical (unpaired) electrons. The summed E-state index contributed by atoms with van der Waals surface area (Å²) in [6.45, 7) is 2.79. The number of ether oxygens (including phenoxy) is 1. The lowest BCUT2D eigenvalue weighted by Gasteiger charge is -2.14. The molecule has 0 aliphatic carbocycles. The quantitative estimate of drug-likeness (QED) is 0.766. The van der Waals surface area contributed by atoms with Gasteiger partial charge < -0.3 is 20.7 Å². The number of anilines is 1. The summed E-state index contributed by atoms with van der Waals surface area (Å²) in [5, 5.41) is 8.63. The van der Waals surface area contributed by atoms with E-state index in [0.717, 1.165) is 24.9 Å². The van der Waals surface area contributed by atoms with Gasteiger partial charge in [-0.3, -0.25) is 14.6 Å². The number of nitrogens with one attached hydrogen (secondary N) is 3. The average Bonchev–Trinajstić information content (AvgIpc) is 3.19. The summed E-state index contributed by atoms with van der Waals surface area (Å²) in [7, 11) is 1.55. The van der Waals surface area contributed by atoms with Crippen molar-refractivity contribution in [1.82, 2.24) is 15.6 Å². The van der Waals surface area contributed by atoms with Crippen LogP contribution in [0.15, 0.2) is 36.5 Å². The van der Waals surface area contributed by atoms with E-state index in [1.165, 1.54) is 6.20 Å². The SMILES string of the molecule is CNC(=O)c1cc(Oc2cc(NC(=O)C3CCCN3)ccc2C)ccn1. The molecule has 7 nitrogen and oxygen atoms in total. The fourth-order valence-electron chi connectivity index (χ4n) is 2.78. The first-order valence-electron chi connectivity index (χ1n) is 8.57. The topological polar surface area (TPSA) is 92.4 Å². The van der Waals surface area contributed by atoms with Crippen LogP contribution in [0.4, 0.5) is 5.69 Å². The molecule has 1 aromatic carbocycles. The second-order valence-electron chi connectivity index (χ2n) is 6.18. The van der Waals surface area contributed by atoms with E-state index in [1.54, 1.807) is 25.2 Å². The highest BCUT2D eigenvalue weighted by molar-refractivity contribution is 5.95. The van der Waals surface area contributed by atoms with Gasteiger partial charge in [0.05, 0.1) is 6.04 Å². The molecule has 1 aliphatic heterocycles. The van der Waals surface area contributed by atoms with E-state index in [2.05, 4.69) is 20.9 Å². The molecule has 26 heavy (non-hydrogen) atoms. The molecule has 1 aliphatic rings. The van der Waals surface area contributed by atoms with Gasteiger partial charge in [-0.25, -0.2) is 0 Å². The molecular formula is C19H22N4O3. The lowest BCUT2D eigenvalue weighted by Crippen LogP contribution is -2.35. The normalized spacial score (nSPS) is 16.2. The number of benzene rings is 1. The summed E-state index contributed by atoms with van der Waals surface area (Å²) < 4.78 is 5.91. The van der Waals surface area contributed by atoms with E-state index in [9.17, 15) is 9.59 Å². The molecule has 2 aromatic rings. The molecule has 2 heterocycles. The number of aryl methyl sites for hydroxylation is 1. The highest BCUT2D eigenvalue weighted by Gasteiger charge is 2.22. The Morgan fingerprint density at radius 1 is 1.27 bits per heavy atom. The molecule has 2 amide bonds. The van der Waals surface area contributed by atoms with Crippen molar-refractivity contribution in [2.75, 3.05) is 18.9 Å². The van der Waals surface area contributed by atoms with Crippen LogP contribution < -0.4 is 20.7 Å². The van der Waals surface area contributed by atoms with E-state index in [1.807, 2.05) is 19.1 Å². The van der Waals surface area contributed by atoms with Gasteiger partial charge >= 0.3 is 0 Å². The first-order chi connectivity index (χ1) is 12.6. The maximum atomic E-state index is 12.3. The fourth-order valence-corrected chi connectivity index (χ4v) is 2.78. The molecule has 1 unspecified atom stereocenters. The van der Waals surface area contributed by atoms with Crippen LogP contribution in [0.5, 0.6) is 11.5 Å². The highest BCUT2D eigenvalue weighted by Crippen LogP contribution is 2.28. The number of hydrogen-bond acceptors (Lipinski definition) is 5. The van der Waals surface area contributed by atoms with Crippen LogP contribution in [0.1, 0.15) is 28.9 Å². The molecule has 136 valence electrons. The number of amides is 2. The van der Waals surface area contributed by atoms with Gasteiger partial charge in [-0.15, -0.1) is 0 Å². The van der Waals surface area contributed by atoms with Gasteiger partial charge in [0, 0.05) is 31.1 Å². The Morgan fingerprint density at radius 3 is 2.85 bits per heavy atom. The largest absolute Gasteiger partial charge is 0.457 e. The zero-order chi connectivity index (χ0) is 18.5. The predicted molar refractivity (Wildman–Crippen MR) is 98.5 cm³/mol. The third kappa shape index (κ3) is 4.18. The smallest absolute Gasteiger partial charge is 0.269 e. The summed E-state index contributed by atoms with van der Waals surface area (Å²) in [5.41, 5.74) is 1.87. The summed E-state index contributed by atoms with van der Waals surface area (Å²) in [5.74, 6) is 0.791. The molecule has 1 atom stereocenters. The van der Waals surface area contributed by atoms with Crippen molar-refractivity contribution in [3.05, 3.63) is 47.8 Å². The lowest BCUT2D eigenvalue weighted by atomic mass is 10.1. The third-order valence-corrected chi connectivity index (χ3v) is 4.25. The van der Waals surface area contributed by atoms with Crippen molar-refractivity contribution >= 4 is 17.5 Å². The first-order valence-corrected chi connectivity index (χ1v) is 8.57. The van der Waals surface area contributed by atoms with Crippen LogP contribution in [0.2, 0.25) is 0 Å². The number of rotatable bonds is 5. The lowest BCUT2D eigenvalue weighted by molar-refractivity contribution is -0.117. The van der Waals surface area contributed by atoms with Crippen LogP contribution in [-0.2, 0) is 4.79 Å². The standard InChI is InChI=1S/C19H22N4O3/c1-12-5-6-13(23-19(25)15-4-3-8-21-15)10-17(12)26-14-7-9-22-16(11-14)18(24)20-2/h5-7,9-11,15,21H,3-4,8H2,1-2H3,(H,20,24)(H,23,25). The second kappa shape index (κ2) is 7.97. The van der Waals surface area contributed by atoms with E-state index in [4.69, 9.17) is 4.74 Å². The van der Waals surface area contributed by atoms with Crippen LogP contribution in [-0.4, -0.2) is 36.4 Å². The van der Waals surface area contributed by atoms with E-state index in [-0.39, 0.29) is 23.6 Å². The first kappa shape index (κ1) is 17.9. The van der Waals surface area contributed by atoms with Crippen molar-refractivity contribution < 1.29 is 14.3 Å². The molecule has 7 heteroatoms. The van der Waals surface area contributed by atoms with Crippen LogP contribution in [0.25, 0.3) is 0 Å². The molecular weight excluding hydrogens is 332 g/mol. The Balaban J connectivity index is 1.75. The number of hydrogen-bond donors (Lipinski definition) is 3. The molecule has 0 spiro atoms. The van der Waals surface area contributed by atoms with Crippen molar-refractivity contribution in [2.24, 2.45) is 0 Å². The minimum absolute atomic E-state index is 0.0388. The van der Waals surface area contributed by atoms with Crippen LogP contribution in [0, 0.1) is 6.92 Å². The van der Waals surface area contributed by atoms with Crippen molar-refractivity contribution in [3.8, 4) is 11.5 Å². The van der Waals surface area contributed by atoms with Gasteiger partial charge in [0.25, 0.3) is 5.91 Å². The maximum Gasteiger partial charge on any atom is 0.269 e. The van der Waals surface area contributed by atoms with Gasteiger partial charge in [0.2, 0.25) is 5.91 Å². The Kier molecular flexibility index (Phi) is 5.48. The molecule has 1 saturated heterocycles. The van der Waals surface area contributed by atoms with Gasteiger partial charge in [-0.05, 0) is 44.0 Å². The monoisotopic (exact) mass is 354 g/mol. The predicted octanol–water partition coefficient (Wildman–Crippen LogP) is 2.23. The fraction of sp³-hybridized carbons (Fsp3) is 0.316. The minimum atomic E-state index is -0.280. The summed E-state index contributed by atoms with van der Waals surface area (Å²) >= 11 is 0. The number of pyridine rings is 1. The number of aromatic nitrogens is 1. The van der Waals surface area contributed by atoms with Gasteiger partial charge in [0.15, 0.2) is 0 Å². The molecule has 0 bridgehead atoms. The zero-order valence-electron chi connectivity index (χ0n) is 14.8. The van der Waals surface area contributed by atoms with Crippen molar-refractivity contribution in [3.63, 3.8) is 0 Å². The van der Waals surface area contributed by atoms with Crippen LogP contribution in [0.3, 0.4) is 0 Å². The third-order valence-electron chi connectivity index (χ3n) is 4.25. The average molecular weight is 354 g/mol. The van der Waals surface area contributed by atoms with Gasteiger partial charge in [-0.2, -0.15) is 0 Å². The Bertz CT molecular complexity index is 816. The van der Waals surface area contributed by atoms with Crippen molar-refractivity contribution in [1.29, 1.82) is 0 Å². The Morgan fingerprint density at radius 2 is 2.12 bits per heavy atom. The number of nitrogens with zero attached hydrogens (tertiary/aromatic N) is 1. The highest BCUT2D eigenvalue weighted by atomic mass is 16.5. The van der Waals surface area contributed by atoms with E-state index < -0.39 is 0 Å². The van der Waals surface area contributed by atoms with Gasteiger partial charge in [-0.1, -0.05) is 6.07 Å². The molecule has 3 N–H and O–H groups in total. The summed E-state index contributed by atoms with van der Waals surface area (Å²) in [4.78, 5) is 28.0. The van der Waals surface area contributed by atoms with E-state index >= 15 is 0 Å². The van der Waals surface area contributed by atoms with Gasteiger partial charge in [0.1, 0.15) is 17.2 Å². The van der Waals surface area contributed by atoms with E-state index in [0.29, 0.717) is 17.2 Å². The zero-order valence-corrected chi connectivity index (χ0v) is 14.8.